The van der Waals surface area contributed by atoms with Crippen molar-refractivity contribution in [3.63, 3.8) is 0 Å². The molecule has 0 fully saturated rings. The van der Waals surface area contributed by atoms with Crippen molar-refractivity contribution in [2.75, 3.05) is 25.6 Å². The molecule has 2 heterocycles. The first-order valence-corrected chi connectivity index (χ1v) is 10.2. The first-order chi connectivity index (χ1) is 13.6. The number of hydrogen-bond acceptors (Lipinski definition) is 7. The Bertz CT molecular complexity index is 925. The van der Waals surface area contributed by atoms with Crippen LogP contribution < -0.4 is 20.1 Å². The van der Waals surface area contributed by atoms with Gasteiger partial charge in [-0.3, -0.25) is 14.9 Å². The maximum Gasteiger partial charge on any atom is 0.267 e. The number of rotatable bonds is 9. The first-order valence-electron chi connectivity index (χ1n) is 8.47. The number of thiazole rings is 1. The van der Waals surface area contributed by atoms with Crippen molar-refractivity contribution in [3.05, 3.63) is 57.7 Å². The van der Waals surface area contributed by atoms with Gasteiger partial charge in [0.15, 0.2) is 5.13 Å². The smallest absolute Gasteiger partial charge is 0.267 e. The molecular weight excluding hydrogens is 398 g/mol. The molecule has 7 nitrogen and oxygen atoms in total. The molecule has 146 valence electrons. The number of carbonyl (C=O) groups is 2. The van der Waals surface area contributed by atoms with E-state index in [0.717, 1.165) is 0 Å². The van der Waals surface area contributed by atoms with Gasteiger partial charge in [0.2, 0.25) is 5.91 Å². The Hall–Kier alpha value is -2.91. The molecule has 2 aromatic heterocycles. The molecule has 0 unspecified atom stereocenters. The average Bonchev–Trinajstić information content (AvgIpc) is 3.38. The standard InChI is InChI=1S/C19H19N3O4S2/c1-25-14-4-2-5-15(11-14)26-8-7-20-17(23)10-13-12-28-19(21-13)22-18(24)16-6-3-9-27-16/h2-6,9,11-12H,7-8,10H2,1H3,(H,20,23)(H,21,22,24). The largest absolute Gasteiger partial charge is 0.497 e. The maximum absolute atomic E-state index is 12.0. The van der Waals surface area contributed by atoms with Crippen LogP contribution in [0.5, 0.6) is 11.5 Å². The third kappa shape index (κ3) is 5.80. The Morgan fingerprint density at radius 3 is 2.79 bits per heavy atom. The van der Waals surface area contributed by atoms with E-state index in [2.05, 4.69) is 15.6 Å². The number of ether oxygens (including phenoxy) is 2. The number of thiophene rings is 1. The van der Waals surface area contributed by atoms with Gasteiger partial charge in [0.05, 0.1) is 30.6 Å². The Kier molecular flexibility index (Phi) is 6.99. The van der Waals surface area contributed by atoms with Crippen molar-refractivity contribution in [3.8, 4) is 11.5 Å². The minimum atomic E-state index is -0.199. The zero-order valence-electron chi connectivity index (χ0n) is 15.1. The minimum Gasteiger partial charge on any atom is -0.497 e. The molecule has 0 aliphatic heterocycles. The second-order valence-corrected chi connectivity index (χ2v) is 7.44. The lowest BCUT2D eigenvalue weighted by Gasteiger charge is -2.08. The highest BCUT2D eigenvalue weighted by Crippen LogP contribution is 2.19. The van der Waals surface area contributed by atoms with Crippen LogP contribution in [-0.2, 0) is 11.2 Å². The summed E-state index contributed by atoms with van der Waals surface area (Å²) >= 11 is 2.65. The fourth-order valence-electron chi connectivity index (χ4n) is 2.29. The quantitative estimate of drug-likeness (QED) is 0.522. The lowest BCUT2D eigenvalue weighted by Crippen LogP contribution is -2.29. The van der Waals surface area contributed by atoms with E-state index in [1.165, 1.54) is 22.7 Å². The highest BCUT2D eigenvalue weighted by molar-refractivity contribution is 7.14. The van der Waals surface area contributed by atoms with Crippen LogP contribution in [0.3, 0.4) is 0 Å². The van der Waals surface area contributed by atoms with Gasteiger partial charge in [-0.1, -0.05) is 12.1 Å². The number of benzene rings is 1. The molecule has 2 N–H and O–H groups in total. The van der Waals surface area contributed by atoms with E-state index in [4.69, 9.17) is 9.47 Å². The van der Waals surface area contributed by atoms with Crippen molar-refractivity contribution < 1.29 is 19.1 Å². The number of amides is 2. The van der Waals surface area contributed by atoms with E-state index in [1.807, 2.05) is 29.6 Å². The molecule has 0 bridgehead atoms. The van der Waals surface area contributed by atoms with Gasteiger partial charge in [-0.25, -0.2) is 4.98 Å². The maximum atomic E-state index is 12.0. The third-order valence-corrected chi connectivity index (χ3v) is 5.27. The van der Waals surface area contributed by atoms with Crippen LogP contribution in [-0.4, -0.2) is 37.1 Å². The van der Waals surface area contributed by atoms with Gasteiger partial charge in [-0.15, -0.1) is 22.7 Å². The van der Waals surface area contributed by atoms with E-state index in [-0.39, 0.29) is 18.2 Å². The SMILES string of the molecule is COc1cccc(OCCNC(=O)Cc2csc(NC(=O)c3cccs3)n2)c1. The average molecular weight is 418 g/mol. The second-order valence-electron chi connectivity index (χ2n) is 5.63. The summed E-state index contributed by atoms with van der Waals surface area (Å²) in [6.07, 6.45) is 0.143. The van der Waals surface area contributed by atoms with Crippen LogP contribution in [0.1, 0.15) is 15.4 Å². The summed E-state index contributed by atoms with van der Waals surface area (Å²) in [6, 6.07) is 10.8. The number of methoxy groups -OCH3 is 1. The summed E-state index contributed by atoms with van der Waals surface area (Å²) in [5.74, 6) is 1.04. The van der Waals surface area contributed by atoms with E-state index in [0.29, 0.717) is 40.4 Å². The van der Waals surface area contributed by atoms with Gasteiger partial charge >= 0.3 is 0 Å². The Balaban J connectivity index is 1.39. The van der Waals surface area contributed by atoms with Gasteiger partial charge in [0.1, 0.15) is 18.1 Å². The van der Waals surface area contributed by atoms with Crippen LogP contribution in [0.2, 0.25) is 0 Å². The number of nitrogens with one attached hydrogen (secondary N) is 2. The minimum absolute atomic E-state index is 0.143. The number of nitrogens with zero attached hydrogens (tertiary/aromatic N) is 1. The lowest BCUT2D eigenvalue weighted by atomic mass is 10.3. The highest BCUT2D eigenvalue weighted by atomic mass is 32.1. The fourth-order valence-corrected chi connectivity index (χ4v) is 3.61. The fraction of sp³-hybridized carbons (Fsp3) is 0.211. The monoisotopic (exact) mass is 417 g/mol. The van der Waals surface area contributed by atoms with Crippen LogP contribution in [0.25, 0.3) is 0 Å². The van der Waals surface area contributed by atoms with E-state index in [9.17, 15) is 9.59 Å². The summed E-state index contributed by atoms with van der Waals surface area (Å²) in [6.45, 7) is 0.722. The van der Waals surface area contributed by atoms with Gasteiger partial charge in [0, 0.05) is 11.4 Å². The predicted octanol–water partition coefficient (Wildman–Crippen LogP) is 3.20. The Morgan fingerprint density at radius 1 is 1.14 bits per heavy atom. The molecule has 1 aromatic carbocycles. The molecule has 0 saturated heterocycles. The van der Waals surface area contributed by atoms with E-state index in [1.54, 1.807) is 24.6 Å². The van der Waals surface area contributed by atoms with Crippen LogP contribution in [0.15, 0.2) is 47.2 Å². The molecule has 0 saturated carbocycles. The van der Waals surface area contributed by atoms with Crippen molar-refractivity contribution in [1.29, 1.82) is 0 Å². The van der Waals surface area contributed by atoms with E-state index >= 15 is 0 Å². The Labute approximate surface area is 170 Å². The molecule has 9 heteroatoms. The summed E-state index contributed by atoms with van der Waals surface area (Å²) in [5, 5.41) is 9.59. The summed E-state index contributed by atoms with van der Waals surface area (Å²) in [5.41, 5.74) is 0.609. The molecule has 0 atom stereocenters. The van der Waals surface area contributed by atoms with Gasteiger partial charge < -0.3 is 14.8 Å². The number of anilines is 1. The lowest BCUT2D eigenvalue weighted by molar-refractivity contribution is -0.120. The van der Waals surface area contributed by atoms with E-state index < -0.39 is 0 Å². The topological polar surface area (TPSA) is 89.5 Å². The molecule has 0 aliphatic rings. The summed E-state index contributed by atoms with van der Waals surface area (Å²) in [4.78, 5) is 28.9. The number of carbonyl (C=O) groups excluding carboxylic acids is 2. The zero-order valence-corrected chi connectivity index (χ0v) is 16.8. The normalized spacial score (nSPS) is 10.3. The van der Waals surface area contributed by atoms with Gasteiger partial charge in [-0.2, -0.15) is 0 Å². The van der Waals surface area contributed by atoms with Crippen LogP contribution in [0.4, 0.5) is 5.13 Å². The van der Waals surface area contributed by atoms with Crippen molar-refractivity contribution in [2.45, 2.75) is 6.42 Å². The Morgan fingerprint density at radius 2 is 2.00 bits per heavy atom. The highest BCUT2D eigenvalue weighted by Gasteiger charge is 2.11. The summed E-state index contributed by atoms with van der Waals surface area (Å²) in [7, 11) is 1.59. The van der Waals surface area contributed by atoms with Crippen LogP contribution >= 0.6 is 22.7 Å². The molecule has 3 aromatic rings. The molecule has 0 spiro atoms. The molecule has 0 aliphatic carbocycles. The second kappa shape index (κ2) is 9.86. The molecule has 2 amide bonds. The third-order valence-electron chi connectivity index (χ3n) is 3.59. The molecule has 3 rings (SSSR count). The number of hydrogen-bond donors (Lipinski definition) is 2. The van der Waals surface area contributed by atoms with Crippen molar-refractivity contribution in [1.82, 2.24) is 10.3 Å². The molecule has 28 heavy (non-hydrogen) atoms. The zero-order chi connectivity index (χ0) is 19.8. The van der Waals surface area contributed by atoms with Crippen LogP contribution in [0, 0.1) is 0 Å². The van der Waals surface area contributed by atoms with Gasteiger partial charge in [-0.05, 0) is 23.6 Å². The van der Waals surface area contributed by atoms with Gasteiger partial charge in [0.25, 0.3) is 5.91 Å². The van der Waals surface area contributed by atoms with Crippen molar-refractivity contribution >= 4 is 39.6 Å². The summed E-state index contributed by atoms with van der Waals surface area (Å²) < 4.78 is 10.7. The number of aromatic nitrogens is 1. The molecular formula is C19H19N3O4S2. The van der Waals surface area contributed by atoms with Crippen molar-refractivity contribution in [2.24, 2.45) is 0 Å². The molecule has 0 radical (unpaired) electrons. The predicted molar refractivity (Wildman–Crippen MR) is 110 cm³/mol. The first kappa shape index (κ1) is 19.8.